The number of nitrogens with two attached hydrogens (primary N) is 1. The van der Waals surface area contributed by atoms with E-state index >= 15 is 0 Å². The Morgan fingerprint density at radius 2 is 2.05 bits per heavy atom. The summed E-state index contributed by atoms with van der Waals surface area (Å²) >= 11 is 0. The number of aromatic carboxylic acids is 1. The van der Waals surface area contributed by atoms with E-state index in [1.54, 1.807) is 12.1 Å². The fourth-order valence-electron chi connectivity index (χ4n) is 1.56. The molecule has 0 saturated carbocycles. The first kappa shape index (κ1) is 14.1. The zero-order valence-corrected chi connectivity index (χ0v) is 11.1. The van der Waals surface area contributed by atoms with Gasteiger partial charge in [-0.05, 0) is 30.3 Å². The van der Waals surface area contributed by atoms with Gasteiger partial charge >= 0.3 is 5.97 Å². The number of benzene rings is 1. The Hall–Kier alpha value is -2.32. The smallest absolute Gasteiger partial charge is 0.371 e. The normalized spacial score (nSPS) is 11.2. The molecular weight excluding hydrogens is 284 g/mol. The molecule has 20 heavy (non-hydrogen) atoms. The van der Waals surface area contributed by atoms with Crippen LogP contribution in [0.15, 0.2) is 45.7 Å². The Morgan fingerprint density at radius 1 is 1.30 bits per heavy atom. The number of anilines is 1. The number of hydrogen-bond donors (Lipinski definition) is 3. The summed E-state index contributed by atoms with van der Waals surface area (Å²) in [5.74, 6) is -0.879. The minimum absolute atomic E-state index is 0.00632. The summed E-state index contributed by atoms with van der Waals surface area (Å²) in [4.78, 5) is 10.6. The van der Waals surface area contributed by atoms with Crippen molar-refractivity contribution in [1.82, 2.24) is 0 Å². The van der Waals surface area contributed by atoms with Gasteiger partial charge in [-0.15, -0.1) is 0 Å². The number of carbonyl (C=O) groups is 1. The van der Waals surface area contributed by atoms with Gasteiger partial charge in [-0.1, -0.05) is 6.07 Å². The zero-order valence-electron chi connectivity index (χ0n) is 10.2. The van der Waals surface area contributed by atoms with Crippen molar-refractivity contribution in [2.24, 2.45) is 5.14 Å². The first-order valence-electron chi connectivity index (χ1n) is 5.55. The molecule has 106 valence electrons. The number of hydrogen-bond acceptors (Lipinski definition) is 5. The van der Waals surface area contributed by atoms with E-state index in [1.165, 1.54) is 24.3 Å². The minimum atomic E-state index is -3.76. The van der Waals surface area contributed by atoms with Crippen LogP contribution < -0.4 is 10.5 Å². The van der Waals surface area contributed by atoms with Crippen LogP contribution in [0.2, 0.25) is 0 Å². The molecule has 0 aliphatic heterocycles. The van der Waals surface area contributed by atoms with Crippen LogP contribution in [0, 0.1) is 0 Å². The number of carboxylic acids is 1. The Morgan fingerprint density at radius 3 is 2.65 bits per heavy atom. The third-order valence-corrected chi connectivity index (χ3v) is 3.41. The number of rotatable bonds is 5. The highest BCUT2D eigenvalue weighted by Crippen LogP contribution is 2.16. The SMILES string of the molecule is NS(=O)(=O)c1cccc(NCc2ccc(C(=O)O)o2)c1. The van der Waals surface area contributed by atoms with Gasteiger partial charge in [0.25, 0.3) is 0 Å². The number of furan rings is 1. The maximum Gasteiger partial charge on any atom is 0.371 e. The molecule has 2 rings (SSSR count). The lowest BCUT2D eigenvalue weighted by Crippen LogP contribution is -2.12. The quantitative estimate of drug-likeness (QED) is 0.762. The number of sulfonamides is 1. The summed E-state index contributed by atoms with van der Waals surface area (Å²) in [5.41, 5.74) is 0.532. The van der Waals surface area contributed by atoms with E-state index in [0.29, 0.717) is 11.4 Å². The average molecular weight is 296 g/mol. The predicted octanol–water partition coefficient (Wildman–Crippen LogP) is 1.24. The van der Waals surface area contributed by atoms with Crippen molar-refractivity contribution >= 4 is 21.7 Å². The van der Waals surface area contributed by atoms with E-state index < -0.39 is 16.0 Å². The molecule has 0 fully saturated rings. The molecule has 0 atom stereocenters. The molecule has 4 N–H and O–H groups in total. The number of carboxylic acid groups (broad SMARTS) is 1. The molecule has 1 aromatic carbocycles. The second-order valence-electron chi connectivity index (χ2n) is 4.00. The Kier molecular flexibility index (Phi) is 3.77. The van der Waals surface area contributed by atoms with Crippen LogP contribution in [-0.2, 0) is 16.6 Å². The van der Waals surface area contributed by atoms with Gasteiger partial charge in [0.2, 0.25) is 15.8 Å². The van der Waals surface area contributed by atoms with Crippen LogP contribution >= 0.6 is 0 Å². The third-order valence-electron chi connectivity index (χ3n) is 2.50. The van der Waals surface area contributed by atoms with E-state index in [9.17, 15) is 13.2 Å². The molecule has 1 aromatic heterocycles. The largest absolute Gasteiger partial charge is 0.475 e. The second kappa shape index (κ2) is 5.35. The topological polar surface area (TPSA) is 123 Å². The van der Waals surface area contributed by atoms with Gasteiger partial charge in [-0.25, -0.2) is 18.4 Å². The molecule has 0 saturated heterocycles. The van der Waals surface area contributed by atoms with Crippen LogP contribution in [0.1, 0.15) is 16.3 Å². The number of nitrogens with one attached hydrogen (secondary N) is 1. The van der Waals surface area contributed by atoms with Crippen molar-refractivity contribution in [1.29, 1.82) is 0 Å². The van der Waals surface area contributed by atoms with Crippen molar-refractivity contribution in [2.45, 2.75) is 11.4 Å². The maximum atomic E-state index is 11.2. The zero-order chi connectivity index (χ0) is 14.8. The number of primary sulfonamides is 1. The summed E-state index contributed by atoms with van der Waals surface area (Å²) in [6.45, 7) is 0.224. The monoisotopic (exact) mass is 296 g/mol. The Labute approximate surface area is 115 Å². The molecule has 0 radical (unpaired) electrons. The van der Waals surface area contributed by atoms with E-state index in [1.807, 2.05) is 0 Å². The van der Waals surface area contributed by atoms with Gasteiger partial charge in [-0.2, -0.15) is 0 Å². The third kappa shape index (κ3) is 3.37. The van der Waals surface area contributed by atoms with Crippen molar-refractivity contribution in [3.63, 3.8) is 0 Å². The highest BCUT2D eigenvalue weighted by molar-refractivity contribution is 7.89. The lowest BCUT2D eigenvalue weighted by atomic mass is 10.3. The minimum Gasteiger partial charge on any atom is -0.475 e. The van der Waals surface area contributed by atoms with Crippen molar-refractivity contribution < 1.29 is 22.7 Å². The van der Waals surface area contributed by atoms with Crippen molar-refractivity contribution in [3.05, 3.63) is 47.9 Å². The van der Waals surface area contributed by atoms with Crippen LogP contribution in [0.5, 0.6) is 0 Å². The Balaban J connectivity index is 2.09. The second-order valence-corrected chi connectivity index (χ2v) is 5.56. The summed E-state index contributed by atoms with van der Waals surface area (Å²) in [6, 6.07) is 8.86. The molecule has 0 aliphatic carbocycles. The average Bonchev–Trinajstić information content (AvgIpc) is 2.85. The van der Waals surface area contributed by atoms with Gasteiger partial charge in [-0.3, -0.25) is 0 Å². The fourth-order valence-corrected chi connectivity index (χ4v) is 2.12. The van der Waals surface area contributed by atoms with Crippen molar-refractivity contribution in [2.75, 3.05) is 5.32 Å². The lowest BCUT2D eigenvalue weighted by molar-refractivity contribution is 0.0660. The molecule has 0 amide bonds. The summed E-state index contributed by atoms with van der Waals surface area (Å²) in [6.07, 6.45) is 0. The van der Waals surface area contributed by atoms with Gasteiger partial charge in [0.1, 0.15) is 5.76 Å². The predicted molar refractivity (Wildman–Crippen MR) is 70.8 cm³/mol. The Bertz CT molecular complexity index is 736. The van der Waals surface area contributed by atoms with Crippen LogP contribution in [0.4, 0.5) is 5.69 Å². The maximum absolute atomic E-state index is 11.2. The standard InChI is InChI=1S/C12H12N2O5S/c13-20(17,18)10-3-1-2-8(6-10)14-7-9-4-5-11(19-9)12(15)16/h1-6,14H,7H2,(H,15,16)(H2,13,17,18). The van der Waals surface area contributed by atoms with Gasteiger partial charge in [0.15, 0.2) is 0 Å². The van der Waals surface area contributed by atoms with E-state index in [4.69, 9.17) is 14.7 Å². The van der Waals surface area contributed by atoms with E-state index in [2.05, 4.69) is 5.32 Å². The van der Waals surface area contributed by atoms with Crippen LogP contribution in [0.3, 0.4) is 0 Å². The highest BCUT2D eigenvalue weighted by Gasteiger charge is 2.10. The lowest BCUT2D eigenvalue weighted by Gasteiger charge is -2.06. The van der Waals surface area contributed by atoms with Crippen molar-refractivity contribution in [3.8, 4) is 0 Å². The van der Waals surface area contributed by atoms with E-state index in [0.717, 1.165) is 0 Å². The fraction of sp³-hybridized carbons (Fsp3) is 0.0833. The molecule has 0 aliphatic rings. The van der Waals surface area contributed by atoms with Gasteiger partial charge in [0.05, 0.1) is 11.4 Å². The highest BCUT2D eigenvalue weighted by atomic mass is 32.2. The molecule has 0 unspecified atom stereocenters. The molecular formula is C12H12N2O5S. The molecule has 8 heteroatoms. The summed E-state index contributed by atoms with van der Waals surface area (Å²) in [5, 5.41) is 16.7. The first-order chi connectivity index (χ1) is 9.36. The van der Waals surface area contributed by atoms with Gasteiger partial charge < -0.3 is 14.8 Å². The molecule has 0 spiro atoms. The summed E-state index contributed by atoms with van der Waals surface area (Å²) < 4.78 is 27.5. The van der Waals surface area contributed by atoms with Crippen LogP contribution in [-0.4, -0.2) is 19.5 Å². The molecule has 0 bridgehead atoms. The van der Waals surface area contributed by atoms with E-state index in [-0.39, 0.29) is 17.2 Å². The molecule has 7 nitrogen and oxygen atoms in total. The molecule has 1 heterocycles. The molecule has 2 aromatic rings. The first-order valence-corrected chi connectivity index (χ1v) is 7.09. The summed E-state index contributed by atoms with van der Waals surface area (Å²) in [7, 11) is -3.76. The van der Waals surface area contributed by atoms with Crippen LogP contribution in [0.25, 0.3) is 0 Å². The van der Waals surface area contributed by atoms with Gasteiger partial charge in [0, 0.05) is 5.69 Å².